The molecule has 1 unspecified atom stereocenters. The summed E-state index contributed by atoms with van der Waals surface area (Å²) in [7, 11) is 1.87. The summed E-state index contributed by atoms with van der Waals surface area (Å²) >= 11 is 0. The molecule has 0 aromatic carbocycles. The van der Waals surface area contributed by atoms with Crippen molar-refractivity contribution in [3.8, 4) is 0 Å². The second kappa shape index (κ2) is 5.17. The Labute approximate surface area is 98.6 Å². The first-order chi connectivity index (χ1) is 7.74. The molecule has 1 heterocycles. The molecule has 1 amide bonds. The molecule has 1 saturated carbocycles. The standard InChI is InChI=1S/C13H24N2O/c1-10(14-2)13(16)15-9-5-7-11-6-3-4-8-12(11)15/h10-12,14H,3-9H2,1-2H3/t10?,11-,12-/m1/s1. The molecule has 3 heteroatoms. The number of carbonyl (C=O) groups is 1. The number of rotatable bonds is 2. The van der Waals surface area contributed by atoms with Gasteiger partial charge in [-0.2, -0.15) is 0 Å². The van der Waals surface area contributed by atoms with Crippen molar-refractivity contribution in [2.24, 2.45) is 5.92 Å². The number of fused-ring (bicyclic) bond motifs is 1. The molecule has 3 atom stereocenters. The first-order valence-electron chi connectivity index (χ1n) is 6.71. The fourth-order valence-corrected chi connectivity index (χ4v) is 3.27. The highest BCUT2D eigenvalue weighted by atomic mass is 16.2. The highest BCUT2D eigenvalue weighted by molar-refractivity contribution is 5.81. The van der Waals surface area contributed by atoms with Gasteiger partial charge in [-0.15, -0.1) is 0 Å². The van der Waals surface area contributed by atoms with E-state index in [0.717, 1.165) is 12.5 Å². The van der Waals surface area contributed by atoms with Gasteiger partial charge in [-0.05, 0) is 45.6 Å². The van der Waals surface area contributed by atoms with Crippen LogP contribution >= 0.6 is 0 Å². The molecule has 0 bridgehead atoms. The Kier molecular flexibility index (Phi) is 3.85. The van der Waals surface area contributed by atoms with Crippen LogP contribution in [0.1, 0.15) is 45.4 Å². The summed E-state index contributed by atoms with van der Waals surface area (Å²) in [6.07, 6.45) is 7.77. The second-order valence-electron chi connectivity index (χ2n) is 5.30. The van der Waals surface area contributed by atoms with E-state index in [1.54, 1.807) is 0 Å². The van der Waals surface area contributed by atoms with Crippen LogP contribution in [-0.4, -0.2) is 36.5 Å². The van der Waals surface area contributed by atoms with Crippen LogP contribution in [0.3, 0.4) is 0 Å². The van der Waals surface area contributed by atoms with Crippen molar-refractivity contribution in [2.45, 2.75) is 57.5 Å². The number of hydrogen-bond acceptors (Lipinski definition) is 2. The number of carbonyl (C=O) groups excluding carboxylic acids is 1. The Morgan fingerprint density at radius 2 is 1.94 bits per heavy atom. The molecule has 2 rings (SSSR count). The topological polar surface area (TPSA) is 32.3 Å². The van der Waals surface area contributed by atoms with Gasteiger partial charge in [-0.25, -0.2) is 0 Å². The van der Waals surface area contributed by atoms with Crippen molar-refractivity contribution in [2.75, 3.05) is 13.6 Å². The number of nitrogens with zero attached hydrogens (tertiary/aromatic N) is 1. The third-order valence-corrected chi connectivity index (χ3v) is 4.33. The number of likely N-dealkylation sites (tertiary alicyclic amines) is 1. The summed E-state index contributed by atoms with van der Waals surface area (Å²) in [5, 5.41) is 3.07. The SMILES string of the molecule is CNC(C)C(=O)N1CCC[C@H]2CCCC[C@H]21. The average Bonchev–Trinajstić information content (AvgIpc) is 2.36. The van der Waals surface area contributed by atoms with Gasteiger partial charge in [-0.1, -0.05) is 12.8 Å². The molecule has 2 fully saturated rings. The zero-order chi connectivity index (χ0) is 11.5. The lowest BCUT2D eigenvalue weighted by Gasteiger charge is -2.45. The summed E-state index contributed by atoms with van der Waals surface area (Å²) in [5.41, 5.74) is 0. The predicted octanol–water partition coefficient (Wildman–Crippen LogP) is 1.78. The smallest absolute Gasteiger partial charge is 0.239 e. The molecule has 1 N–H and O–H groups in total. The minimum absolute atomic E-state index is 0.0272. The lowest BCUT2D eigenvalue weighted by atomic mass is 9.78. The quantitative estimate of drug-likeness (QED) is 0.775. The molecular formula is C13H24N2O. The average molecular weight is 224 g/mol. The predicted molar refractivity (Wildman–Crippen MR) is 65.2 cm³/mol. The lowest BCUT2D eigenvalue weighted by Crippen LogP contribution is -2.54. The molecule has 3 nitrogen and oxygen atoms in total. The van der Waals surface area contributed by atoms with Crippen molar-refractivity contribution < 1.29 is 4.79 Å². The van der Waals surface area contributed by atoms with Crippen LogP contribution in [0.25, 0.3) is 0 Å². The van der Waals surface area contributed by atoms with E-state index in [9.17, 15) is 4.79 Å². The van der Waals surface area contributed by atoms with Gasteiger partial charge in [0.1, 0.15) is 0 Å². The van der Waals surface area contributed by atoms with Gasteiger partial charge < -0.3 is 10.2 Å². The fourth-order valence-electron chi connectivity index (χ4n) is 3.27. The van der Waals surface area contributed by atoms with Crippen LogP contribution in [-0.2, 0) is 4.79 Å². The molecule has 16 heavy (non-hydrogen) atoms. The van der Waals surface area contributed by atoms with Crippen LogP contribution in [0.15, 0.2) is 0 Å². The normalized spacial score (nSPS) is 32.0. The summed E-state index contributed by atoms with van der Waals surface area (Å²) in [6.45, 7) is 2.95. The molecular weight excluding hydrogens is 200 g/mol. The van der Waals surface area contributed by atoms with Gasteiger partial charge >= 0.3 is 0 Å². The van der Waals surface area contributed by atoms with Crippen molar-refractivity contribution >= 4 is 5.91 Å². The Hall–Kier alpha value is -0.570. The van der Waals surface area contributed by atoms with Crippen LogP contribution < -0.4 is 5.32 Å². The van der Waals surface area contributed by atoms with E-state index in [0.29, 0.717) is 11.9 Å². The minimum atomic E-state index is -0.0272. The Morgan fingerprint density at radius 1 is 1.25 bits per heavy atom. The van der Waals surface area contributed by atoms with Gasteiger partial charge in [0, 0.05) is 12.6 Å². The van der Waals surface area contributed by atoms with E-state index in [-0.39, 0.29) is 6.04 Å². The van der Waals surface area contributed by atoms with Crippen LogP contribution in [0.2, 0.25) is 0 Å². The van der Waals surface area contributed by atoms with Crippen molar-refractivity contribution in [3.63, 3.8) is 0 Å². The third kappa shape index (κ3) is 2.24. The van der Waals surface area contributed by atoms with Gasteiger partial charge in [0.25, 0.3) is 0 Å². The summed E-state index contributed by atoms with van der Waals surface area (Å²) in [5.74, 6) is 1.09. The van der Waals surface area contributed by atoms with Crippen molar-refractivity contribution in [1.82, 2.24) is 10.2 Å². The number of nitrogens with one attached hydrogen (secondary N) is 1. The van der Waals surface area contributed by atoms with Crippen LogP contribution in [0.4, 0.5) is 0 Å². The molecule has 2 aliphatic rings. The van der Waals surface area contributed by atoms with E-state index < -0.39 is 0 Å². The Morgan fingerprint density at radius 3 is 2.69 bits per heavy atom. The van der Waals surface area contributed by atoms with Crippen molar-refractivity contribution in [1.29, 1.82) is 0 Å². The highest BCUT2D eigenvalue weighted by Crippen LogP contribution is 2.35. The zero-order valence-electron chi connectivity index (χ0n) is 10.5. The molecule has 0 aromatic rings. The second-order valence-corrected chi connectivity index (χ2v) is 5.30. The summed E-state index contributed by atoms with van der Waals surface area (Å²) < 4.78 is 0. The van der Waals surface area contributed by atoms with Gasteiger partial charge in [0.05, 0.1) is 6.04 Å². The molecule has 1 saturated heterocycles. The molecule has 0 aromatic heterocycles. The minimum Gasteiger partial charge on any atom is -0.338 e. The van der Waals surface area contributed by atoms with Crippen LogP contribution in [0, 0.1) is 5.92 Å². The summed E-state index contributed by atoms with van der Waals surface area (Å²) in [6, 6.07) is 0.520. The fraction of sp³-hybridized carbons (Fsp3) is 0.923. The monoisotopic (exact) mass is 224 g/mol. The van der Waals surface area contributed by atoms with Gasteiger partial charge in [0.2, 0.25) is 5.91 Å². The maximum absolute atomic E-state index is 12.2. The summed E-state index contributed by atoms with van der Waals surface area (Å²) in [4.78, 5) is 14.4. The Balaban J connectivity index is 2.04. The maximum Gasteiger partial charge on any atom is 0.239 e. The largest absolute Gasteiger partial charge is 0.338 e. The molecule has 1 aliphatic carbocycles. The molecule has 0 spiro atoms. The first-order valence-corrected chi connectivity index (χ1v) is 6.71. The molecule has 1 aliphatic heterocycles. The zero-order valence-corrected chi connectivity index (χ0v) is 10.5. The first kappa shape index (κ1) is 11.9. The van der Waals surface area contributed by atoms with E-state index in [2.05, 4.69) is 10.2 Å². The van der Waals surface area contributed by atoms with E-state index in [4.69, 9.17) is 0 Å². The maximum atomic E-state index is 12.2. The molecule has 92 valence electrons. The van der Waals surface area contributed by atoms with E-state index >= 15 is 0 Å². The van der Waals surface area contributed by atoms with E-state index in [1.165, 1.54) is 38.5 Å². The number of piperidine rings is 1. The van der Waals surface area contributed by atoms with Gasteiger partial charge in [-0.3, -0.25) is 4.79 Å². The van der Waals surface area contributed by atoms with Gasteiger partial charge in [0.15, 0.2) is 0 Å². The number of amides is 1. The lowest BCUT2D eigenvalue weighted by molar-refractivity contribution is -0.139. The molecule has 0 radical (unpaired) electrons. The van der Waals surface area contributed by atoms with E-state index in [1.807, 2.05) is 14.0 Å². The highest BCUT2D eigenvalue weighted by Gasteiger charge is 2.36. The number of likely N-dealkylation sites (N-methyl/N-ethyl adjacent to an activating group) is 1. The Bertz CT molecular complexity index is 252. The van der Waals surface area contributed by atoms with Crippen molar-refractivity contribution in [3.05, 3.63) is 0 Å². The van der Waals surface area contributed by atoms with Crippen LogP contribution in [0.5, 0.6) is 0 Å². The number of hydrogen-bond donors (Lipinski definition) is 1. The third-order valence-electron chi connectivity index (χ3n) is 4.33.